The van der Waals surface area contributed by atoms with Crippen molar-refractivity contribution in [1.29, 1.82) is 0 Å². The van der Waals surface area contributed by atoms with Crippen LogP contribution in [0.25, 0.3) is 0 Å². The Hall–Kier alpha value is -3.15. The van der Waals surface area contributed by atoms with E-state index in [2.05, 4.69) is 15.8 Å². The summed E-state index contributed by atoms with van der Waals surface area (Å²) in [5.74, 6) is -0.790. The largest absolute Gasteiger partial charge is 0.489 e. The van der Waals surface area contributed by atoms with Crippen LogP contribution in [0.5, 0.6) is 5.75 Å². The third-order valence-electron chi connectivity index (χ3n) is 3.51. The summed E-state index contributed by atoms with van der Waals surface area (Å²) in [5.41, 5.74) is 5.24. The molecule has 0 aliphatic heterocycles. The Labute approximate surface area is 153 Å². The number of amides is 2. The molecule has 0 spiro atoms. The molecule has 26 heavy (non-hydrogen) atoms. The van der Waals surface area contributed by atoms with E-state index in [0.29, 0.717) is 18.9 Å². The van der Waals surface area contributed by atoms with Crippen molar-refractivity contribution >= 4 is 18.0 Å². The summed E-state index contributed by atoms with van der Waals surface area (Å²) in [5, 5.41) is 6.28. The monoisotopic (exact) mass is 353 g/mol. The molecule has 0 aromatic heterocycles. The molecule has 2 N–H and O–H groups in total. The van der Waals surface area contributed by atoms with Gasteiger partial charge in [0.15, 0.2) is 0 Å². The van der Waals surface area contributed by atoms with Gasteiger partial charge in [-0.1, -0.05) is 48.9 Å². The van der Waals surface area contributed by atoms with Crippen molar-refractivity contribution in [2.75, 3.05) is 6.54 Å². The molecule has 2 aromatic rings. The van der Waals surface area contributed by atoms with Gasteiger partial charge in [0.25, 0.3) is 0 Å². The summed E-state index contributed by atoms with van der Waals surface area (Å²) in [4.78, 5) is 23.0. The molecule has 0 heterocycles. The van der Waals surface area contributed by atoms with E-state index >= 15 is 0 Å². The third-order valence-corrected chi connectivity index (χ3v) is 3.51. The van der Waals surface area contributed by atoms with E-state index in [1.165, 1.54) is 11.8 Å². The zero-order chi connectivity index (χ0) is 18.8. The van der Waals surface area contributed by atoms with Crippen molar-refractivity contribution in [1.82, 2.24) is 10.7 Å². The van der Waals surface area contributed by atoms with Crippen molar-refractivity contribution < 1.29 is 14.3 Å². The van der Waals surface area contributed by atoms with Crippen molar-refractivity contribution in [2.24, 2.45) is 5.10 Å². The summed E-state index contributed by atoms with van der Waals surface area (Å²) >= 11 is 0. The summed E-state index contributed by atoms with van der Waals surface area (Å²) in [7, 11) is 0. The molecule has 6 nitrogen and oxygen atoms in total. The Morgan fingerprint density at radius 3 is 2.62 bits per heavy atom. The second-order valence-corrected chi connectivity index (χ2v) is 5.80. The molecule has 0 fully saturated rings. The first-order valence-electron chi connectivity index (χ1n) is 8.48. The number of nitrogens with one attached hydrogen (secondary N) is 2. The lowest BCUT2D eigenvalue weighted by Gasteiger charge is -2.07. The fourth-order valence-electron chi connectivity index (χ4n) is 2.07. The molecule has 0 saturated heterocycles. The van der Waals surface area contributed by atoms with Crippen LogP contribution in [0.3, 0.4) is 0 Å². The van der Waals surface area contributed by atoms with Gasteiger partial charge >= 0.3 is 11.8 Å². The average molecular weight is 353 g/mol. The van der Waals surface area contributed by atoms with Gasteiger partial charge in [-0.05, 0) is 36.6 Å². The van der Waals surface area contributed by atoms with Gasteiger partial charge in [0, 0.05) is 6.54 Å². The highest BCUT2D eigenvalue weighted by molar-refractivity contribution is 6.35. The summed E-state index contributed by atoms with van der Waals surface area (Å²) < 4.78 is 5.77. The number of nitrogens with zero attached hydrogens (tertiary/aromatic N) is 1. The number of hydrogen-bond acceptors (Lipinski definition) is 4. The van der Waals surface area contributed by atoms with E-state index in [9.17, 15) is 9.59 Å². The zero-order valence-corrected chi connectivity index (χ0v) is 15.0. The van der Waals surface area contributed by atoms with E-state index in [1.54, 1.807) is 6.07 Å². The molecule has 2 rings (SSSR count). The molecule has 136 valence electrons. The molecule has 6 heteroatoms. The van der Waals surface area contributed by atoms with Crippen LogP contribution >= 0.6 is 0 Å². The van der Waals surface area contributed by atoms with Crippen molar-refractivity contribution in [2.45, 2.75) is 26.9 Å². The fraction of sp³-hybridized carbons (Fsp3) is 0.250. The lowest BCUT2D eigenvalue weighted by molar-refractivity contribution is -0.139. The van der Waals surface area contributed by atoms with Gasteiger partial charge in [0.1, 0.15) is 12.4 Å². The minimum Gasteiger partial charge on any atom is -0.489 e. The SMILES string of the molecule is CCCNC(=O)C(=O)N/N=C\c1cccc(OCc2ccc(C)cc2)c1. The normalized spacial score (nSPS) is 10.5. The number of hydrazone groups is 1. The second kappa shape index (κ2) is 9.98. The molecule has 2 aromatic carbocycles. The van der Waals surface area contributed by atoms with Gasteiger partial charge in [-0.15, -0.1) is 0 Å². The van der Waals surface area contributed by atoms with E-state index in [0.717, 1.165) is 17.5 Å². The Morgan fingerprint density at radius 1 is 1.12 bits per heavy atom. The number of carbonyl (C=O) groups excluding carboxylic acids is 2. The highest BCUT2D eigenvalue weighted by atomic mass is 16.5. The molecular weight excluding hydrogens is 330 g/mol. The highest BCUT2D eigenvalue weighted by Gasteiger charge is 2.10. The molecule has 0 radical (unpaired) electrons. The Balaban J connectivity index is 1.86. The molecule has 0 aliphatic carbocycles. The molecular formula is C20H23N3O3. The maximum Gasteiger partial charge on any atom is 0.329 e. The van der Waals surface area contributed by atoms with Crippen LogP contribution in [0.15, 0.2) is 53.6 Å². The second-order valence-electron chi connectivity index (χ2n) is 5.80. The van der Waals surface area contributed by atoms with Crippen molar-refractivity contribution in [3.05, 3.63) is 65.2 Å². The molecule has 0 bridgehead atoms. The van der Waals surface area contributed by atoms with E-state index in [4.69, 9.17) is 4.74 Å². The number of ether oxygens (including phenoxy) is 1. The highest BCUT2D eigenvalue weighted by Crippen LogP contribution is 2.14. The first-order valence-corrected chi connectivity index (χ1v) is 8.48. The summed E-state index contributed by atoms with van der Waals surface area (Å²) in [6, 6.07) is 15.5. The number of hydrogen-bond donors (Lipinski definition) is 2. The first-order chi connectivity index (χ1) is 12.6. The number of rotatable bonds is 7. The maximum atomic E-state index is 11.5. The van der Waals surface area contributed by atoms with Crippen molar-refractivity contribution in [3.8, 4) is 5.75 Å². The Morgan fingerprint density at radius 2 is 1.88 bits per heavy atom. The van der Waals surface area contributed by atoms with Gasteiger partial charge in [-0.2, -0.15) is 5.10 Å². The fourth-order valence-corrected chi connectivity index (χ4v) is 2.07. The van der Waals surface area contributed by atoms with E-state index in [1.807, 2.05) is 56.3 Å². The number of carbonyl (C=O) groups is 2. The minimum atomic E-state index is -0.790. The van der Waals surface area contributed by atoms with E-state index in [-0.39, 0.29) is 0 Å². The molecule has 2 amide bonds. The van der Waals surface area contributed by atoms with E-state index < -0.39 is 11.8 Å². The molecule has 0 saturated carbocycles. The Kier molecular flexibility index (Phi) is 7.36. The predicted octanol–water partition coefficient (Wildman–Crippen LogP) is 2.55. The van der Waals surface area contributed by atoms with Crippen LogP contribution < -0.4 is 15.5 Å². The van der Waals surface area contributed by atoms with Gasteiger partial charge in [-0.3, -0.25) is 9.59 Å². The van der Waals surface area contributed by atoms with Crippen LogP contribution in [0.2, 0.25) is 0 Å². The third kappa shape index (κ3) is 6.39. The average Bonchev–Trinajstić information content (AvgIpc) is 2.66. The Bertz CT molecular complexity index is 770. The van der Waals surface area contributed by atoms with Crippen LogP contribution in [-0.4, -0.2) is 24.6 Å². The number of benzene rings is 2. The quantitative estimate of drug-likeness (QED) is 0.456. The van der Waals surface area contributed by atoms with Gasteiger partial charge in [-0.25, -0.2) is 5.43 Å². The van der Waals surface area contributed by atoms with Gasteiger partial charge in [0.2, 0.25) is 0 Å². The molecule has 0 aliphatic rings. The van der Waals surface area contributed by atoms with Crippen molar-refractivity contribution in [3.63, 3.8) is 0 Å². The van der Waals surface area contributed by atoms with Crippen LogP contribution in [0.1, 0.15) is 30.0 Å². The minimum absolute atomic E-state index is 0.455. The maximum absolute atomic E-state index is 11.5. The topological polar surface area (TPSA) is 79.8 Å². The van der Waals surface area contributed by atoms with Gasteiger partial charge < -0.3 is 10.1 Å². The standard InChI is InChI=1S/C20H23N3O3/c1-3-11-21-19(24)20(25)23-22-13-17-5-4-6-18(12-17)26-14-16-9-7-15(2)8-10-16/h4-10,12-13H,3,11,14H2,1-2H3,(H,21,24)(H,23,25)/b22-13-. The van der Waals surface area contributed by atoms with Gasteiger partial charge in [0.05, 0.1) is 6.21 Å². The number of aryl methyl sites for hydroxylation is 1. The lowest BCUT2D eigenvalue weighted by atomic mass is 10.2. The zero-order valence-electron chi connectivity index (χ0n) is 15.0. The smallest absolute Gasteiger partial charge is 0.329 e. The summed E-state index contributed by atoms with van der Waals surface area (Å²) in [6.45, 7) is 4.87. The molecule has 0 unspecified atom stereocenters. The first kappa shape index (κ1) is 19.2. The van der Waals surface area contributed by atoms with Crippen LogP contribution in [-0.2, 0) is 16.2 Å². The van der Waals surface area contributed by atoms with Crippen LogP contribution in [0, 0.1) is 6.92 Å². The predicted molar refractivity (Wildman–Crippen MR) is 101 cm³/mol. The summed E-state index contributed by atoms with van der Waals surface area (Å²) in [6.07, 6.45) is 2.22. The lowest BCUT2D eigenvalue weighted by Crippen LogP contribution is -2.38. The molecule has 0 atom stereocenters. The van der Waals surface area contributed by atoms with Crippen LogP contribution in [0.4, 0.5) is 0 Å².